The van der Waals surface area contributed by atoms with Crippen molar-refractivity contribution in [3.63, 3.8) is 0 Å². The van der Waals surface area contributed by atoms with Gasteiger partial charge in [-0.1, -0.05) is 53.0 Å². The van der Waals surface area contributed by atoms with Crippen LogP contribution in [-0.4, -0.2) is 9.97 Å². The Morgan fingerprint density at radius 3 is 2.32 bits per heavy atom. The lowest BCUT2D eigenvalue weighted by Crippen LogP contribution is -2.08. The van der Waals surface area contributed by atoms with Gasteiger partial charge < -0.3 is 16.4 Å². The average Bonchev–Trinajstić information content (AvgIpc) is 2.56. The Hall–Kier alpha value is -2.21. The van der Waals surface area contributed by atoms with E-state index < -0.39 is 0 Å². The summed E-state index contributed by atoms with van der Waals surface area (Å²) in [6, 6.07) is 12.7. The Labute approximate surface area is 160 Å². The van der Waals surface area contributed by atoms with Gasteiger partial charge in [-0.15, -0.1) is 0 Å². The normalized spacial score (nSPS) is 10.5. The van der Waals surface area contributed by atoms with E-state index in [1.807, 2.05) is 24.3 Å². The minimum absolute atomic E-state index is 0.380. The summed E-state index contributed by atoms with van der Waals surface area (Å²) >= 11 is 18.2. The molecule has 0 aliphatic heterocycles. The number of benzene rings is 2. The monoisotopic (exact) mass is 393 g/mol. The van der Waals surface area contributed by atoms with Gasteiger partial charge in [0, 0.05) is 27.3 Å². The van der Waals surface area contributed by atoms with Crippen LogP contribution in [0.3, 0.4) is 0 Å². The number of hydrogen-bond donors (Lipinski definition) is 3. The highest BCUT2D eigenvalue weighted by Gasteiger charge is 2.10. The lowest BCUT2D eigenvalue weighted by atomic mass is 10.2. The van der Waals surface area contributed by atoms with Crippen molar-refractivity contribution in [3.05, 3.63) is 69.4 Å². The first-order valence-electron chi connectivity index (χ1n) is 7.34. The molecule has 0 bridgehead atoms. The van der Waals surface area contributed by atoms with Crippen LogP contribution in [0.2, 0.25) is 15.1 Å². The molecule has 0 saturated carbocycles. The topological polar surface area (TPSA) is 75.9 Å². The van der Waals surface area contributed by atoms with Crippen LogP contribution in [0.5, 0.6) is 0 Å². The van der Waals surface area contributed by atoms with Crippen LogP contribution in [0.1, 0.15) is 5.56 Å². The van der Waals surface area contributed by atoms with E-state index in [0.717, 1.165) is 5.56 Å². The molecule has 0 saturated heterocycles. The molecule has 8 heteroatoms. The molecule has 0 radical (unpaired) electrons. The van der Waals surface area contributed by atoms with E-state index >= 15 is 0 Å². The second kappa shape index (κ2) is 7.78. The van der Waals surface area contributed by atoms with Gasteiger partial charge in [0.15, 0.2) is 11.6 Å². The predicted octanol–water partition coefficient (Wildman–Crippen LogP) is 5.37. The Balaban J connectivity index is 1.79. The number of anilines is 4. The van der Waals surface area contributed by atoms with Gasteiger partial charge >= 0.3 is 0 Å². The Morgan fingerprint density at radius 1 is 0.920 bits per heavy atom. The molecule has 3 aromatic rings. The maximum absolute atomic E-state index is 6.16. The van der Waals surface area contributed by atoms with E-state index in [0.29, 0.717) is 44.6 Å². The van der Waals surface area contributed by atoms with Gasteiger partial charge in [0.05, 0.1) is 0 Å². The maximum atomic E-state index is 6.16. The number of rotatable bonds is 5. The molecule has 0 amide bonds. The molecule has 1 aromatic heterocycles. The first-order chi connectivity index (χ1) is 12.0. The minimum atomic E-state index is 0.380. The summed E-state index contributed by atoms with van der Waals surface area (Å²) < 4.78 is 0. The van der Waals surface area contributed by atoms with Crippen molar-refractivity contribution in [2.75, 3.05) is 16.4 Å². The van der Waals surface area contributed by atoms with Crippen molar-refractivity contribution in [2.24, 2.45) is 0 Å². The molecule has 3 rings (SSSR count). The van der Waals surface area contributed by atoms with Crippen molar-refractivity contribution >= 4 is 57.8 Å². The summed E-state index contributed by atoms with van der Waals surface area (Å²) in [6.07, 6.45) is 1.42. The number of nitrogen functional groups attached to an aromatic ring is 1. The molecule has 0 aliphatic carbocycles. The second-order valence-corrected chi connectivity index (χ2v) is 6.49. The Kier molecular flexibility index (Phi) is 5.48. The van der Waals surface area contributed by atoms with E-state index in [2.05, 4.69) is 20.6 Å². The van der Waals surface area contributed by atoms with Crippen molar-refractivity contribution in [1.29, 1.82) is 0 Å². The highest BCUT2D eigenvalue weighted by atomic mass is 35.5. The molecular weight excluding hydrogens is 381 g/mol. The smallest absolute Gasteiger partial charge is 0.159 e. The molecule has 2 aromatic carbocycles. The summed E-state index contributed by atoms with van der Waals surface area (Å²) in [4.78, 5) is 8.34. The Bertz CT molecular complexity index is 881. The van der Waals surface area contributed by atoms with Crippen molar-refractivity contribution in [2.45, 2.75) is 6.54 Å². The fourth-order valence-electron chi connectivity index (χ4n) is 2.22. The van der Waals surface area contributed by atoms with Crippen LogP contribution in [0.4, 0.5) is 23.0 Å². The van der Waals surface area contributed by atoms with E-state index in [-0.39, 0.29) is 0 Å². The fourth-order valence-corrected chi connectivity index (χ4v) is 2.95. The van der Waals surface area contributed by atoms with Crippen molar-refractivity contribution < 1.29 is 0 Å². The molecule has 5 nitrogen and oxygen atoms in total. The van der Waals surface area contributed by atoms with Crippen molar-refractivity contribution in [3.8, 4) is 0 Å². The van der Waals surface area contributed by atoms with Crippen LogP contribution in [0.15, 0.2) is 48.8 Å². The highest BCUT2D eigenvalue weighted by Crippen LogP contribution is 2.29. The largest absolute Gasteiger partial charge is 0.393 e. The maximum Gasteiger partial charge on any atom is 0.159 e. The van der Waals surface area contributed by atoms with Gasteiger partial charge in [-0.05, 0) is 29.8 Å². The van der Waals surface area contributed by atoms with Gasteiger partial charge in [-0.2, -0.15) is 0 Å². The minimum Gasteiger partial charge on any atom is -0.393 e. The van der Waals surface area contributed by atoms with Crippen molar-refractivity contribution in [1.82, 2.24) is 9.97 Å². The number of nitrogens with one attached hydrogen (secondary N) is 2. The first-order valence-corrected chi connectivity index (χ1v) is 8.47. The zero-order valence-corrected chi connectivity index (χ0v) is 15.2. The van der Waals surface area contributed by atoms with Gasteiger partial charge in [0.2, 0.25) is 0 Å². The predicted molar refractivity (Wildman–Crippen MR) is 105 cm³/mol. The van der Waals surface area contributed by atoms with Crippen LogP contribution < -0.4 is 16.4 Å². The standard InChI is InChI=1S/C17H14Cl3N5/c18-11-5-12(19)7-13(6-11)25-17-15(21)16(23-9-24-17)22-8-10-3-1-2-4-14(10)20/h1-7,9H,8,21H2,(H2,22,23,24,25). The molecule has 1 heterocycles. The van der Waals surface area contributed by atoms with Gasteiger partial charge in [-0.3, -0.25) is 0 Å². The van der Waals surface area contributed by atoms with Gasteiger partial charge in [-0.25, -0.2) is 9.97 Å². The second-order valence-electron chi connectivity index (χ2n) is 5.21. The third-order valence-electron chi connectivity index (χ3n) is 3.41. The lowest BCUT2D eigenvalue weighted by Gasteiger charge is -2.13. The van der Waals surface area contributed by atoms with Crippen LogP contribution in [-0.2, 0) is 6.54 Å². The SMILES string of the molecule is Nc1c(NCc2ccccc2Cl)ncnc1Nc1cc(Cl)cc(Cl)c1. The molecule has 25 heavy (non-hydrogen) atoms. The van der Waals surface area contributed by atoms with Crippen LogP contribution in [0, 0.1) is 0 Å². The number of nitrogens with zero attached hydrogens (tertiary/aromatic N) is 2. The molecule has 0 spiro atoms. The molecule has 4 N–H and O–H groups in total. The third kappa shape index (κ3) is 4.45. The highest BCUT2D eigenvalue weighted by molar-refractivity contribution is 6.35. The van der Waals surface area contributed by atoms with E-state index in [1.165, 1.54) is 6.33 Å². The van der Waals surface area contributed by atoms with Gasteiger partial charge in [0.1, 0.15) is 12.0 Å². The third-order valence-corrected chi connectivity index (χ3v) is 4.22. The summed E-state index contributed by atoms with van der Waals surface area (Å²) in [7, 11) is 0. The summed E-state index contributed by atoms with van der Waals surface area (Å²) in [6.45, 7) is 0.489. The first kappa shape index (κ1) is 17.6. The van der Waals surface area contributed by atoms with E-state index in [1.54, 1.807) is 18.2 Å². The zero-order chi connectivity index (χ0) is 17.8. The van der Waals surface area contributed by atoms with Crippen LogP contribution >= 0.6 is 34.8 Å². The average molecular weight is 395 g/mol. The van der Waals surface area contributed by atoms with Gasteiger partial charge in [0.25, 0.3) is 0 Å². The van der Waals surface area contributed by atoms with E-state index in [9.17, 15) is 0 Å². The molecule has 128 valence electrons. The lowest BCUT2D eigenvalue weighted by molar-refractivity contribution is 1.09. The Morgan fingerprint density at radius 2 is 1.60 bits per heavy atom. The summed E-state index contributed by atoms with van der Waals surface area (Å²) in [5.41, 5.74) is 8.16. The van der Waals surface area contributed by atoms with E-state index in [4.69, 9.17) is 40.5 Å². The molecule has 0 atom stereocenters. The molecular formula is C17H14Cl3N5. The number of nitrogens with two attached hydrogens (primary N) is 1. The summed E-state index contributed by atoms with van der Waals surface area (Å²) in [5.74, 6) is 0.959. The number of halogens is 3. The van der Waals surface area contributed by atoms with Crippen LogP contribution in [0.25, 0.3) is 0 Å². The molecule has 0 unspecified atom stereocenters. The quantitative estimate of drug-likeness (QED) is 0.542. The zero-order valence-electron chi connectivity index (χ0n) is 12.9. The number of aromatic nitrogens is 2. The molecule has 0 fully saturated rings. The summed E-state index contributed by atoms with van der Waals surface area (Å²) in [5, 5.41) is 7.96. The fraction of sp³-hybridized carbons (Fsp3) is 0.0588. The number of hydrogen-bond acceptors (Lipinski definition) is 5. The molecule has 0 aliphatic rings.